The first kappa shape index (κ1) is 14.0. The highest BCUT2D eigenvalue weighted by atomic mass is 32.2. The molecule has 2 aromatic rings. The predicted octanol–water partition coefficient (Wildman–Crippen LogP) is 2.14. The number of rotatable bonds is 5. The van der Waals surface area contributed by atoms with Gasteiger partial charge < -0.3 is 5.32 Å². The molecular weight excluding hydrogens is 258 g/mol. The Morgan fingerprint density at radius 2 is 1.95 bits per heavy atom. The van der Waals surface area contributed by atoms with Gasteiger partial charge in [-0.3, -0.25) is 0 Å². The molecule has 1 heterocycles. The number of tetrazole rings is 1. The Balaban J connectivity index is 1.94. The number of aromatic nitrogens is 4. The van der Waals surface area contributed by atoms with Crippen LogP contribution in [0.15, 0.2) is 35.5 Å². The van der Waals surface area contributed by atoms with Gasteiger partial charge in [-0.1, -0.05) is 30.0 Å². The summed E-state index contributed by atoms with van der Waals surface area (Å²) in [5.41, 5.74) is 1.13. The van der Waals surface area contributed by atoms with Crippen LogP contribution in [-0.4, -0.2) is 38.0 Å². The highest BCUT2D eigenvalue weighted by molar-refractivity contribution is 7.99. The quantitative estimate of drug-likeness (QED) is 0.670. The van der Waals surface area contributed by atoms with Gasteiger partial charge in [-0.2, -0.15) is 4.68 Å². The zero-order valence-electron chi connectivity index (χ0n) is 11.5. The molecule has 6 heteroatoms. The lowest BCUT2D eigenvalue weighted by atomic mass is 10.1. The van der Waals surface area contributed by atoms with Crippen LogP contribution < -0.4 is 5.32 Å². The topological polar surface area (TPSA) is 55.6 Å². The van der Waals surface area contributed by atoms with Gasteiger partial charge in [0, 0.05) is 17.8 Å². The highest BCUT2D eigenvalue weighted by Crippen LogP contribution is 2.17. The Morgan fingerprint density at radius 1 is 1.21 bits per heavy atom. The van der Waals surface area contributed by atoms with Crippen LogP contribution in [0, 0.1) is 0 Å². The summed E-state index contributed by atoms with van der Waals surface area (Å²) in [5.74, 6) is 0.935. The summed E-state index contributed by atoms with van der Waals surface area (Å²) >= 11 is 1.65. The molecule has 0 unspecified atom stereocenters. The predicted molar refractivity (Wildman–Crippen MR) is 77.6 cm³/mol. The number of nitrogens with zero attached hydrogens (tertiary/aromatic N) is 4. The number of hydrogen-bond donors (Lipinski definition) is 1. The van der Waals surface area contributed by atoms with Crippen LogP contribution in [-0.2, 0) is 0 Å². The van der Waals surface area contributed by atoms with E-state index in [1.165, 1.54) is 0 Å². The Hall–Kier alpha value is -1.40. The van der Waals surface area contributed by atoms with Gasteiger partial charge in [-0.25, -0.2) is 0 Å². The number of thioether (sulfide) groups is 1. The Labute approximate surface area is 117 Å². The lowest BCUT2D eigenvalue weighted by molar-refractivity contribution is 0.441. The standard InChI is InChI=1S/C13H19N5S/c1-13(2,3)14-9-10-19-12-15-16-17-18(12)11-7-5-4-6-8-11/h4-8,14H,9-10H2,1-3H3. The van der Waals surface area contributed by atoms with Crippen LogP contribution >= 0.6 is 11.8 Å². The van der Waals surface area contributed by atoms with Crippen molar-refractivity contribution in [3.8, 4) is 5.69 Å². The number of benzene rings is 1. The highest BCUT2D eigenvalue weighted by Gasteiger charge is 2.10. The van der Waals surface area contributed by atoms with Crippen LogP contribution in [0.25, 0.3) is 5.69 Å². The minimum atomic E-state index is 0.145. The van der Waals surface area contributed by atoms with Crippen molar-refractivity contribution in [2.24, 2.45) is 0 Å². The first-order chi connectivity index (χ1) is 9.06. The van der Waals surface area contributed by atoms with E-state index in [4.69, 9.17) is 0 Å². The van der Waals surface area contributed by atoms with Crippen molar-refractivity contribution in [3.63, 3.8) is 0 Å². The van der Waals surface area contributed by atoms with Crippen LogP contribution in [0.3, 0.4) is 0 Å². The molecule has 0 radical (unpaired) electrons. The van der Waals surface area contributed by atoms with Gasteiger partial charge in [-0.15, -0.1) is 5.10 Å². The Kier molecular flexibility index (Phi) is 4.55. The van der Waals surface area contributed by atoms with Crippen LogP contribution in [0.4, 0.5) is 0 Å². The second-order valence-electron chi connectivity index (χ2n) is 5.23. The van der Waals surface area contributed by atoms with Gasteiger partial charge in [0.15, 0.2) is 0 Å². The first-order valence-corrected chi connectivity index (χ1v) is 7.26. The van der Waals surface area contributed by atoms with Gasteiger partial charge >= 0.3 is 0 Å². The molecule has 0 amide bonds. The second-order valence-corrected chi connectivity index (χ2v) is 6.30. The van der Waals surface area contributed by atoms with Gasteiger partial charge in [-0.05, 0) is 43.3 Å². The van der Waals surface area contributed by atoms with E-state index in [0.29, 0.717) is 0 Å². The molecule has 0 bridgehead atoms. The van der Waals surface area contributed by atoms with E-state index in [1.54, 1.807) is 16.4 Å². The summed E-state index contributed by atoms with van der Waals surface area (Å²) in [5, 5.41) is 16.1. The average Bonchev–Trinajstić information content (AvgIpc) is 2.83. The maximum atomic E-state index is 4.06. The van der Waals surface area contributed by atoms with E-state index in [9.17, 15) is 0 Å². The van der Waals surface area contributed by atoms with Gasteiger partial charge in [0.25, 0.3) is 0 Å². The van der Waals surface area contributed by atoms with Crippen molar-refractivity contribution >= 4 is 11.8 Å². The summed E-state index contributed by atoms with van der Waals surface area (Å²) in [7, 11) is 0. The molecule has 0 spiro atoms. The smallest absolute Gasteiger partial charge is 0.214 e. The summed E-state index contributed by atoms with van der Waals surface area (Å²) in [6.45, 7) is 7.40. The number of para-hydroxylation sites is 1. The Morgan fingerprint density at radius 3 is 2.63 bits per heavy atom. The van der Waals surface area contributed by atoms with Crippen molar-refractivity contribution in [2.45, 2.75) is 31.5 Å². The fourth-order valence-electron chi connectivity index (χ4n) is 1.57. The zero-order valence-corrected chi connectivity index (χ0v) is 12.3. The summed E-state index contributed by atoms with van der Waals surface area (Å²) < 4.78 is 1.77. The largest absolute Gasteiger partial charge is 0.311 e. The molecule has 1 aromatic heterocycles. The van der Waals surface area contributed by atoms with Crippen molar-refractivity contribution in [2.75, 3.05) is 12.3 Å². The maximum absolute atomic E-state index is 4.06. The SMILES string of the molecule is CC(C)(C)NCCSc1nnnn1-c1ccccc1. The molecule has 0 saturated carbocycles. The van der Waals surface area contributed by atoms with E-state index in [2.05, 4.69) is 41.6 Å². The van der Waals surface area contributed by atoms with Crippen molar-refractivity contribution in [3.05, 3.63) is 30.3 Å². The van der Waals surface area contributed by atoms with E-state index < -0.39 is 0 Å². The number of hydrogen-bond acceptors (Lipinski definition) is 5. The summed E-state index contributed by atoms with van der Waals surface area (Å²) in [6, 6.07) is 9.93. The molecule has 0 atom stereocenters. The van der Waals surface area contributed by atoms with Crippen molar-refractivity contribution in [1.29, 1.82) is 0 Å². The molecule has 0 aliphatic carbocycles. The van der Waals surface area contributed by atoms with E-state index in [1.807, 2.05) is 30.3 Å². The molecule has 0 aliphatic heterocycles. The minimum Gasteiger partial charge on any atom is -0.311 e. The lowest BCUT2D eigenvalue weighted by Gasteiger charge is -2.19. The zero-order chi connectivity index (χ0) is 13.7. The van der Waals surface area contributed by atoms with E-state index in [0.717, 1.165) is 23.1 Å². The molecule has 19 heavy (non-hydrogen) atoms. The molecule has 1 aromatic carbocycles. The second kappa shape index (κ2) is 6.16. The van der Waals surface area contributed by atoms with Gasteiger partial charge in [0.05, 0.1) is 5.69 Å². The monoisotopic (exact) mass is 277 g/mol. The van der Waals surface area contributed by atoms with Crippen LogP contribution in [0.1, 0.15) is 20.8 Å². The fraction of sp³-hybridized carbons (Fsp3) is 0.462. The molecule has 1 N–H and O–H groups in total. The van der Waals surface area contributed by atoms with Crippen molar-refractivity contribution in [1.82, 2.24) is 25.5 Å². The van der Waals surface area contributed by atoms with Crippen molar-refractivity contribution < 1.29 is 0 Å². The van der Waals surface area contributed by atoms with Gasteiger partial charge in [0.2, 0.25) is 5.16 Å². The molecule has 5 nitrogen and oxygen atoms in total. The third-order valence-corrected chi connectivity index (χ3v) is 3.35. The lowest BCUT2D eigenvalue weighted by Crippen LogP contribution is -2.37. The molecule has 102 valence electrons. The van der Waals surface area contributed by atoms with Crippen LogP contribution in [0.5, 0.6) is 0 Å². The van der Waals surface area contributed by atoms with E-state index in [-0.39, 0.29) is 5.54 Å². The average molecular weight is 277 g/mol. The third-order valence-electron chi connectivity index (χ3n) is 2.43. The summed E-state index contributed by atoms with van der Waals surface area (Å²) in [6.07, 6.45) is 0. The Bertz CT molecular complexity index is 503. The van der Waals surface area contributed by atoms with E-state index >= 15 is 0 Å². The molecule has 0 saturated heterocycles. The minimum absolute atomic E-state index is 0.145. The maximum Gasteiger partial charge on any atom is 0.214 e. The fourth-order valence-corrected chi connectivity index (χ4v) is 2.31. The first-order valence-electron chi connectivity index (χ1n) is 6.28. The molecule has 0 aliphatic rings. The molecular formula is C13H19N5S. The summed E-state index contributed by atoms with van der Waals surface area (Å²) in [4.78, 5) is 0. The third kappa shape index (κ3) is 4.33. The normalized spacial score (nSPS) is 11.7. The van der Waals surface area contributed by atoms with Gasteiger partial charge in [0.1, 0.15) is 0 Å². The molecule has 0 fully saturated rings. The molecule has 2 rings (SSSR count). The number of nitrogens with one attached hydrogen (secondary N) is 1. The van der Waals surface area contributed by atoms with Crippen LogP contribution in [0.2, 0.25) is 0 Å².